The van der Waals surface area contributed by atoms with Crippen molar-refractivity contribution in [3.63, 3.8) is 0 Å². The number of nitrogens with two attached hydrogens (primary N) is 5. The van der Waals surface area contributed by atoms with Gasteiger partial charge >= 0.3 is 29.8 Å². The van der Waals surface area contributed by atoms with Gasteiger partial charge in [-0.1, -0.05) is 69.2 Å². The van der Waals surface area contributed by atoms with E-state index >= 15 is 0 Å². The summed E-state index contributed by atoms with van der Waals surface area (Å²) >= 11 is 0. The summed E-state index contributed by atoms with van der Waals surface area (Å²) in [5.41, 5.74) is 25.8. The molecule has 0 unspecified atom stereocenters. The molecule has 15 N–H and O–H groups in total. The molecule has 20 heteroatoms. The minimum Gasteiger partial charge on any atom is -0.480 e. The Morgan fingerprint density at radius 1 is 0.311 bits per heavy atom. The summed E-state index contributed by atoms with van der Waals surface area (Å²) in [6, 6.07) is -3.56. The Morgan fingerprint density at radius 3 is 0.378 bits per heavy atom. The van der Waals surface area contributed by atoms with E-state index in [1.54, 1.807) is 69.2 Å². The molecule has 0 aliphatic rings. The molecule has 0 fully saturated rings. The van der Waals surface area contributed by atoms with Crippen molar-refractivity contribution in [1.29, 1.82) is 0 Å². The lowest BCUT2D eigenvalue weighted by molar-refractivity contribution is -0.140. The monoisotopic (exact) mass is 685 g/mol. The highest BCUT2D eigenvalue weighted by molar-refractivity contribution is 5.74. The second kappa shape index (κ2) is 37.0. The summed E-state index contributed by atoms with van der Waals surface area (Å²) < 4.78 is 0. The molecule has 280 valence electrons. The maximum atomic E-state index is 10.0. The Morgan fingerprint density at radius 2 is 0.378 bits per heavy atom. The molecule has 15 nitrogen and oxygen atoms in total. The number of carboxylic acid groups (broad SMARTS) is 5. The predicted molar refractivity (Wildman–Crippen MR) is 165 cm³/mol. The van der Waals surface area contributed by atoms with Gasteiger partial charge in [-0.25, -0.2) is 0 Å². The van der Waals surface area contributed by atoms with Crippen LogP contribution in [0.2, 0.25) is 0 Å². The lowest BCUT2D eigenvalue weighted by Crippen LogP contribution is -2.34. The van der Waals surface area contributed by atoms with E-state index in [4.69, 9.17) is 54.2 Å². The van der Waals surface area contributed by atoms with Crippen LogP contribution in [0.25, 0.3) is 0 Å². The SMILES string of the molecule is CC(C)[C@H](N)C(=O)O.CC(C)[C@H](N)C(=O)O.CC(C)[C@H](N)C(=O)O.CC(C)[C@H](N)C(=O)O.CC(C)[C@H](N)C(=O)O.F.F.F.F.F. The van der Waals surface area contributed by atoms with Crippen LogP contribution in [0.15, 0.2) is 0 Å². The van der Waals surface area contributed by atoms with E-state index in [-0.39, 0.29) is 53.1 Å². The van der Waals surface area contributed by atoms with E-state index in [1.807, 2.05) is 0 Å². The van der Waals surface area contributed by atoms with E-state index in [9.17, 15) is 24.0 Å². The van der Waals surface area contributed by atoms with Gasteiger partial charge in [0, 0.05) is 0 Å². The first-order valence-corrected chi connectivity index (χ1v) is 12.7. The normalized spacial score (nSPS) is 12.4. The average molecular weight is 686 g/mol. The third-order valence-corrected chi connectivity index (χ3v) is 5.02. The molecule has 45 heavy (non-hydrogen) atoms. The topological polar surface area (TPSA) is 317 Å². The molecule has 0 aromatic carbocycles. The molecule has 0 heterocycles. The Balaban J connectivity index is -0.0000000414. The molecule has 5 atom stereocenters. The number of carbonyl (C=O) groups is 5. The molecule has 0 aromatic heterocycles. The van der Waals surface area contributed by atoms with Crippen LogP contribution in [0.3, 0.4) is 0 Å². The molecule has 0 bridgehead atoms. The highest BCUT2D eigenvalue weighted by Gasteiger charge is 2.16. The number of hydrogen-bond acceptors (Lipinski definition) is 10. The van der Waals surface area contributed by atoms with Crippen LogP contribution < -0.4 is 28.7 Å². The molecule has 0 aliphatic carbocycles. The van der Waals surface area contributed by atoms with E-state index in [0.717, 1.165) is 0 Å². The fraction of sp³-hybridized carbons (Fsp3) is 0.800. The van der Waals surface area contributed by atoms with Crippen molar-refractivity contribution in [2.24, 2.45) is 58.3 Å². The van der Waals surface area contributed by atoms with Crippen LogP contribution in [-0.2, 0) is 24.0 Å². The first-order chi connectivity index (χ1) is 17.8. The molecule has 0 spiro atoms. The average Bonchev–Trinajstić information content (AvgIpc) is 2.82. The van der Waals surface area contributed by atoms with Crippen LogP contribution >= 0.6 is 0 Å². The Bertz CT molecular complexity index is 614. The zero-order valence-electron chi connectivity index (χ0n) is 27.5. The van der Waals surface area contributed by atoms with Crippen LogP contribution in [0.4, 0.5) is 23.5 Å². The maximum Gasteiger partial charge on any atom is 0.320 e. The predicted octanol–water partition coefficient (Wildman–Crippen LogP) is 1.03. The van der Waals surface area contributed by atoms with Gasteiger partial charge in [-0.15, -0.1) is 0 Å². The van der Waals surface area contributed by atoms with Crippen molar-refractivity contribution in [2.75, 3.05) is 0 Å². The smallest absolute Gasteiger partial charge is 0.320 e. The van der Waals surface area contributed by atoms with Crippen LogP contribution in [0, 0.1) is 29.6 Å². The lowest BCUT2D eigenvalue weighted by Gasteiger charge is -2.07. The van der Waals surface area contributed by atoms with Gasteiger partial charge in [0.05, 0.1) is 0 Å². The molecule has 0 saturated heterocycles. The first kappa shape index (κ1) is 68.8. The fourth-order valence-electron chi connectivity index (χ4n) is 1.43. The standard InChI is InChI=1S/5C5H11NO2.5FH/c5*1-3(2)4(6)5(7)8;;;;;/h5*3-4H,6H2,1-2H3,(H,7,8);5*1H/t5*4-;;;;;/m00000...../s1. The molecule has 0 amide bonds. The quantitative estimate of drug-likeness (QED) is 0.144. The van der Waals surface area contributed by atoms with Gasteiger partial charge in [0.25, 0.3) is 0 Å². The van der Waals surface area contributed by atoms with E-state index in [1.165, 1.54) is 0 Å². The van der Waals surface area contributed by atoms with E-state index < -0.39 is 60.1 Å². The number of carboxylic acids is 5. The van der Waals surface area contributed by atoms with Gasteiger partial charge in [0.1, 0.15) is 30.2 Å². The fourth-order valence-corrected chi connectivity index (χ4v) is 1.43. The minimum absolute atomic E-state index is 0. The van der Waals surface area contributed by atoms with Crippen molar-refractivity contribution >= 4 is 29.8 Å². The van der Waals surface area contributed by atoms with Crippen molar-refractivity contribution in [2.45, 2.75) is 99.4 Å². The number of rotatable bonds is 10. The first-order valence-electron chi connectivity index (χ1n) is 12.7. The molecular weight excluding hydrogens is 625 g/mol. The van der Waals surface area contributed by atoms with Gasteiger partial charge < -0.3 is 54.2 Å². The summed E-state index contributed by atoms with van der Waals surface area (Å²) in [4.78, 5) is 50.1. The number of halogens is 5. The van der Waals surface area contributed by atoms with Crippen molar-refractivity contribution in [1.82, 2.24) is 0 Å². The van der Waals surface area contributed by atoms with Crippen LogP contribution in [0.5, 0.6) is 0 Å². The number of aliphatic carboxylic acids is 5. The Kier molecular flexibility index (Phi) is 56.6. The van der Waals surface area contributed by atoms with Gasteiger partial charge in [0.15, 0.2) is 0 Å². The highest BCUT2D eigenvalue weighted by atomic mass is 19.0. The second-order valence-corrected chi connectivity index (χ2v) is 10.5. The third kappa shape index (κ3) is 45.4. The zero-order chi connectivity index (χ0) is 33.7. The summed E-state index contributed by atoms with van der Waals surface area (Å²) in [6.07, 6.45) is 0. The van der Waals surface area contributed by atoms with Gasteiger partial charge in [0.2, 0.25) is 0 Å². The van der Waals surface area contributed by atoms with Gasteiger partial charge in [-0.05, 0) is 29.6 Å². The number of hydrogen-bond donors (Lipinski definition) is 10. The minimum atomic E-state index is -0.931. The summed E-state index contributed by atoms with van der Waals surface area (Å²) in [5, 5.41) is 41.1. The Labute approximate surface area is 261 Å². The second-order valence-electron chi connectivity index (χ2n) is 10.5. The third-order valence-electron chi connectivity index (χ3n) is 5.02. The summed E-state index contributed by atoms with van der Waals surface area (Å²) in [7, 11) is 0. The van der Waals surface area contributed by atoms with E-state index in [0.29, 0.717) is 0 Å². The Hall–Kier alpha value is -3.20. The molecule has 0 rings (SSSR count). The van der Waals surface area contributed by atoms with Crippen LogP contribution in [-0.4, -0.2) is 85.6 Å². The van der Waals surface area contributed by atoms with E-state index in [2.05, 4.69) is 0 Å². The molecule has 0 saturated carbocycles. The summed E-state index contributed by atoms with van der Waals surface area (Å²) in [6.45, 7) is 17.8. The van der Waals surface area contributed by atoms with Crippen molar-refractivity contribution in [3.05, 3.63) is 0 Å². The van der Waals surface area contributed by atoms with Crippen molar-refractivity contribution < 1.29 is 73.0 Å². The molecule has 0 aromatic rings. The zero-order valence-corrected chi connectivity index (χ0v) is 27.5. The summed E-state index contributed by atoms with van der Waals surface area (Å²) in [5.74, 6) is -4.55. The van der Waals surface area contributed by atoms with Crippen molar-refractivity contribution in [3.8, 4) is 0 Å². The molecular formula is C25H60F5N5O10. The van der Waals surface area contributed by atoms with Gasteiger partial charge in [-0.2, -0.15) is 0 Å². The van der Waals surface area contributed by atoms with Gasteiger partial charge in [-0.3, -0.25) is 47.5 Å². The lowest BCUT2D eigenvalue weighted by atomic mass is 10.1. The molecule has 0 radical (unpaired) electrons. The highest BCUT2D eigenvalue weighted by Crippen LogP contribution is 1.98. The largest absolute Gasteiger partial charge is 0.480 e. The maximum absolute atomic E-state index is 10.0. The van der Waals surface area contributed by atoms with Crippen LogP contribution in [0.1, 0.15) is 69.2 Å². The molecule has 0 aliphatic heterocycles.